The van der Waals surface area contributed by atoms with E-state index in [0.29, 0.717) is 0 Å². The van der Waals surface area contributed by atoms with E-state index in [4.69, 9.17) is 9.31 Å². The largest absolute Gasteiger partial charge is 0.464 e. The summed E-state index contributed by atoms with van der Waals surface area (Å²) in [6.45, 7) is 11.1. The first-order chi connectivity index (χ1) is 9.77. The van der Waals surface area contributed by atoms with Crippen molar-refractivity contribution in [2.24, 2.45) is 0 Å². The normalized spacial score (nSPS) is 29.9. The second-order valence-corrected chi connectivity index (χ2v) is 8.57. The minimum atomic E-state index is -0.202. The second kappa shape index (κ2) is 6.62. The fraction of sp³-hybridized carbons (Fsp3) is 1.00. The van der Waals surface area contributed by atoms with Crippen molar-refractivity contribution in [1.29, 1.82) is 0 Å². The van der Waals surface area contributed by atoms with Gasteiger partial charge in [-0.05, 0) is 40.5 Å². The number of hydrogen-bond donors (Lipinski definition) is 0. The van der Waals surface area contributed by atoms with Crippen LogP contribution in [-0.4, -0.2) is 18.3 Å². The Morgan fingerprint density at radius 1 is 0.571 bits per heavy atom. The van der Waals surface area contributed by atoms with Crippen LogP contribution in [0.1, 0.15) is 98.8 Å². The molecule has 1 aliphatic heterocycles. The second-order valence-electron chi connectivity index (χ2n) is 8.57. The minimum Gasteiger partial charge on any atom is -0.403 e. The molecule has 0 unspecified atom stereocenters. The van der Waals surface area contributed by atoms with E-state index in [1.54, 1.807) is 0 Å². The molecule has 3 heteroatoms. The molecule has 0 N–H and O–H groups in total. The lowest BCUT2D eigenvalue weighted by atomic mass is 9.54. The predicted molar refractivity (Wildman–Crippen MR) is 90.6 cm³/mol. The van der Waals surface area contributed by atoms with Gasteiger partial charge in [-0.1, -0.05) is 58.3 Å². The van der Waals surface area contributed by atoms with Crippen molar-refractivity contribution in [2.45, 2.75) is 115 Å². The van der Waals surface area contributed by atoms with Gasteiger partial charge in [0.1, 0.15) is 0 Å². The summed E-state index contributed by atoms with van der Waals surface area (Å²) in [5.74, 6) is 0. The van der Waals surface area contributed by atoms with Crippen LogP contribution < -0.4 is 0 Å². The highest BCUT2D eigenvalue weighted by atomic mass is 16.7. The SMILES string of the molecule is CC1(B2OC(C)(C)C(C)(C)O2)CCCCCCCCCC1. The molecule has 1 saturated heterocycles. The summed E-state index contributed by atoms with van der Waals surface area (Å²) in [4.78, 5) is 0. The average Bonchev–Trinajstić information content (AvgIpc) is 2.59. The Labute approximate surface area is 132 Å². The molecule has 2 rings (SSSR count). The third-order valence-electron chi connectivity index (χ3n) is 6.07. The quantitative estimate of drug-likeness (QED) is 0.573. The summed E-state index contributed by atoms with van der Waals surface area (Å²) >= 11 is 0. The summed E-state index contributed by atoms with van der Waals surface area (Å²) < 4.78 is 12.8. The Balaban J connectivity index is 2.06. The molecule has 2 nitrogen and oxygen atoms in total. The Kier molecular flexibility index (Phi) is 5.47. The van der Waals surface area contributed by atoms with Crippen LogP contribution in [0.25, 0.3) is 0 Å². The average molecular weight is 294 g/mol. The standard InChI is InChI=1S/C18H35BO2/c1-16(2)17(3,4)21-19(20-16)18(5)14-12-10-8-6-7-9-11-13-15-18/h6-15H2,1-5H3. The van der Waals surface area contributed by atoms with E-state index in [-0.39, 0.29) is 23.6 Å². The Bertz CT molecular complexity index is 310. The molecule has 0 spiro atoms. The van der Waals surface area contributed by atoms with E-state index in [0.717, 1.165) is 0 Å². The topological polar surface area (TPSA) is 18.5 Å². The van der Waals surface area contributed by atoms with Gasteiger partial charge in [0.15, 0.2) is 0 Å². The van der Waals surface area contributed by atoms with Gasteiger partial charge in [0.25, 0.3) is 0 Å². The van der Waals surface area contributed by atoms with Gasteiger partial charge in [-0.2, -0.15) is 0 Å². The van der Waals surface area contributed by atoms with E-state index in [1.807, 2.05) is 0 Å². The van der Waals surface area contributed by atoms with Gasteiger partial charge in [0.2, 0.25) is 0 Å². The van der Waals surface area contributed by atoms with Crippen LogP contribution in [0.4, 0.5) is 0 Å². The predicted octanol–water partition coefficient (Wildman–Crippen LogP) is 5.75. The summed E-state index contributed by atoms with van der Waals surface area (Å²) in [7, 11) is -0.0387. The molecule has 1 aliphatic carbocycles. The molecule has 2 aliphatic rings. The first-order valence-corrected chi connectivity index (χ1v) is 9.13. The maximum atomic E-state index is 6.38. The van der Waals surface area contributed by atoms with Crippen molar-refractivity contribution < 1.29 is 9.31 Å². The van der Waals surface area contributed by atoms with Gasteiger partial charge in [-0.15, -0.1) is 0 Å². The first-order valence-electron chi connectivity index (χ1n) is 9.13. The van der Waals surface area contributed by atoms with Crippen molar-refractivity contribution in [3.8, 4) is 0 Å². The van der Waals surface area contributed by atoms with Crippen LogP contribution in [0, 0.1) is 0 Å². The van der Waals surface area contributed by atoms with Crippen molar-refractivity contribution in [3.63, 3.8) is 0 Å². The zero-order valence-electron chi connectivity index (χ0n) is 15.0. The van der Waals surface area contributed by atoms with Crippen LogP contribution in [0.5, 0.6) is 0 Å². The lowest BCUT2D eigenvalue weighted by Crippen LogP contribution is -2.41. The third kappa shape index (κ3) is 4.04. The molecule has 122 valence electrons. The molecule has 2 fully saturated rings. The molecule has 0 aromatic rings. The van der Waals surface area contributed by atoms with Gasteiger partial charge in [0.05, 0.1) is 11.2 Å². The lowest BCUT2D eigenvalue weighted by molar-refractivity contribution is 0.00578. The van der Waals surface area contributed by atoms with Crippen molar-refractivity contribution in [1.82, 2.24) is 0 Å². The molecule has 0 amide bonds. The fourth-order valence-electron chi connectivity index (χ4n) is 3.61. The highest BCUT2D eigenvalue weighted by Crippen LogP contribution is 2.50. The maximum Gasteiger partial charge on any atom is 0.464 e. The number of rotatable bonds is 1. The van der Waals surface area contributed by atoms with Gasteiger partial charge in [-0.3, -0.25) is 0 Å². The molecule has 0 radical (unpaired) electrons. The smallest absolute Gasteiger partial charge is 0.403 e. The molecule has 1 heterocycles. The van der Waals surface area contributed by atoms with Gasteiger partial charge < -0.3 is 9.31 Å². The highest BCUT2D eigenvalue weighted by Gasteiger charge is 2.57. The molecule has 0 bridgehead atoms. The van der Waals surface area contributed by atoms with E-state index >= 15 is 0 Å². The van der Waals surface area contributed by atoms with Gasteiger partial charge >= 0.3 is 7.12 Å². The molecule has 0 atom stereocenters. The Hall–Kier alpha value is -0.0151. The van der Waals surface area contributed by atoms with E-state index in [2.05, 4.69) is 34.6 Å². The fourth-order valence-corrected chi connectivity index (χ4v) is 3.61. The molecule has 1 saturated carbocycles. The molecule has 0 aromatic heterocycles. The van der Waals surface area contributed by atoms with Crippen molar-refractivity contribution in [3.05, 3.63) is 0 Å². The van der Waals surface area contributed by atoms with Crippen molar-refractivity contribution in [2.75, 3.05) is 0 Å². The van der Waals surface area contributed by atoms with E-state index in [9.17, 15) is 0 Å². The van der Waals surface area contributed by atoms with Crippen molar-refractivity contribution >= 4 is 7.12 Å². The number of hydrogen-bond acceptors (Lipinski definition) is 2. The Morgan fingerprint density at radius 2 is 0.905 bits per heavy atom. The van der Waals surface area contributed by atoms with Crippen LogP contribution in [-0.2, 0) is 9.31 Å². The van der Waals surface area contributed by atoms with Gasteiger partial charge in [0, 0.05) is 5.31 Å². The summed E-state index contributed by atoms with van der Waals surface area (Å²) in [6, 6.07) is 0. The van der Waals surface area contributed by atoms with E-state index < -0.39 is 0 Å². The zero-order valence-corrected chi connectivity index (χ0v) is 15.0. The summed E-state index contributed by atoms with van der Waals surface area (Å²) in [6.07, 6.45) is 13.5. The van der Waals surface area contributed by atoms with E-state index in [1.165, 1.54) is 64.2 Å². The lowest BCUT2D eigenvalue weighted by Gasteiger charge is -2.32. The van der Waals surface area contributed by atoms with Crippen LogP contribution >= 0.6 is 0 Å². The van der Waals surface area contributed by atoms with Crippen LogP contribution in [0.2, 0.25) is 5.31 Å². The molecule has 0 aromatic carbocycles. The zero-order chi connectivity index (χ0) is 15.6. The highest BCUT2D eigenvalue weighted by molar-refractivity contribution is 6.49. The molecular weight excluding hydrogens is 259 g/mol. The molecular formula is C18H35BO2. The third-order valence-corrected chi connectivity index (χ3v) is 6.07. The van der Waals surface area contributed by atoms with Crippen LogP contribution in [0.3, 0.4) is 0 Å². The monoisotopic (exact) mass is 294 g/mol. The Morgan fingerprint density at radius 3 is 1.29 bits per heavy atom. The maximum absolute atomic E-state index is 6.38. The van der Waals surface area contributed by atoms with Gasteiger partial charge in [-0.25, -0.2) is 0 Å². The molecule has 21 heavy (non-hydrogen) atoms. The first kappa shape index (κ1) is 17.3. The summed E-state index contributed by atoms with van der Waals surface area (Å²) in [5.41, 5.74) is -0.403. The summed E-state index contributed by atoms with van der Waals surface area (Å²) in [5, 5.41) is 0.176. The van der Waals surface area contributed by atoms with Crippen LogP contribution in [0.15, 0.2) is 0 Å². The minimum absolute atomic E-state index is 0.0387.